The topological polar surface area (TPSA) is 102 Å². The van der Waals surface area contributed by atoms with E-state index in [4.69, 9.17) is 4.42 Å². The smallest absolute Gasteiger partial charge is 0.291 e. The summed E-state index contributed by atoms with van der Waals surface area (Å²) in [4.78, 5) is 24.7. The van der Waals surface area contributed by atoms with Crippen molar-refractivity contribution in [3.8, 4) is 0 Å². The van der Waals surface area contributed by atoms with Gasteiger partial charge in [-0.25, -0.2) is 0 Å². The lowest BCUT2D eigenvalue weighted by Crippen LogP contribution is -2.26. The second kappa shape index (κ2) is 6.83. The third-order valence-electron chi connectivity index (χ3n) is 4.26. The summed E-state index contributed by atoms with van der Waals surface area (Å²) in [5, 5.41) is 13.8. The van der Waals surface area contributed by atoms with E-state index in [1.807, 2.05) is 4.57 Å². The quantitative estimate of drug-likeness (QED) is 0.732. The highest BCUT2D eigenvalue weighted by atomic mass is 16.3. The number of carbonyl (C=O) groups excluding carboxylic acids is 2. The van der Waals surface area contributed by atoms with E-state index in [-0.39, 0.29) is 18.2 Å². The number of carbonyl (C=O) groups is 2. The number of fused-ring (bicyclic) bond motifs is 1. The van der Waals surface area contributed by atoms with Gasteiger partial charge in [0.05, 0.1) is 24.1 Å². The van der Waals surface area contributed by atoms with Crippen LogP contribution in [0.15, 0.2) is 47.1 Å². The molecule has 2 N–H and O–H groups in total. The van der Waals surface area contributed by atoms with E-state index in [1.54, 1.807) is 36.4 Å². The number of benzene rings is 1. The fourth-order valence-electron chi connectivity index (χ4n) is 2.98. The summed E-state index contributed by atoms with van der Waals surface area (Å²) in [6.07, 6.45) is 3.39. The van der Waals surface area contributed by atoms with Gasteiger partial charge in [0.1, 0.15) is 5.82 Å². The predicted molar refractivity (Wildman–Crippen MR) is 92.6 cm³/mol. The number of anilines is 1. The lowest BCUT2D eigenvalue weighted by atomic mass is 10.1. The third-order valence-corrected chi connectivity index (χ3v) is 4.26. The van der Waals surface area contributed by atoms with Crippen LogP contribution in [0.5, 0.6) is 0 Å². The van der Waals surface area contributed by atoms with Gasteiger partial charge in [0, 0.05) is 13.0 Å². The highest BCUT2D eigenvalue weighted by molar-refractivity contribution is 6.07. The maximum Gasteiger partial charge on any atom is 0.291 e. The van der Waals surface area contributed by atoms with E-state index in [2.05, 4.69) is 20.8 Å². The zero-order chi connectivity index (χ0) is 17.9. The van der Waals surface area contributed by atoms with Gasteiger partial charge in [-0.1, -0.05) is 12.1 Å². The summed E-state index contributed by atoms with van der Waals surface area (Å²) < 4.78 is 7.11. The molecule has 8 heteroatoms. The van der Waals surface area contributed by atoms with Gasteiger partial charge in [0.2, 0.25) is 0 Å². The number of nitrogens with one attached hydrogen (secondary N) is 2. The Balaban J connectivity index is 1.46. The molecule has 1 aliphatic heterocycles. The number of hydrogen-bond donors (Lipinski definition) is 2. The summed E-state index contributed by atoms with van der Waals surface area (Å²) in [6.45, 7) is 1.16. The van der Waals surface area contributed by atoms with Crippen LogP contribution in [0.1, 0.15) is 39.0 Å². The molecule has 0 radical (unpaired) electrons. The van der Waals surface area contributed by atoms with Crippen LogP contribution in [-0.4, -0.2) is 26.6 Å². The molecule has 26 heavy (non-hydrogen) atoms. The molecule has 132 valence electrons. The Bertz CT molecular complexity index is 946. The minimum Gasteiger partial charge on any atom is -0.459 e. The van der Waals surface area contributed by atoms with Crippen molar-refractivity contribution in [1.29, 1.82) is 0 Å². The molecule has 0 fully saturated rings. The van der Waals surface area contributed by atoms with Gasteiger partial charge in [-0.05, 0) is 30.7 Å². The van der Waals surface area contributed by atoms with Crippen molar-refractivity contribution in [1.82, 2.24) is 20.1 Å². The molecule has 2 amide bonds. The SMILES string of the molecule is O=C(Nc1ccccc1C(=O)NCc1nnc2n1CCC2)c1ccco1. The fourth-order valence-corrected chi connectivity index (χ4v) is 2.98. The van der Waals surface area contributed by atoms with Crippen molar-refractivity contribution in [2.45, 2.75) is 25.9 Å². The zero-order valence-electron chi connectivity index (χ0n) is 13.9. The Kier molecular flexibility index (Phi) is 4.22. The largest absolute Gasteiger partial charge is 0.459 e. The van der Waals surface area contributed by atoms with E-state index in [0.717, 1.165) is 31.0 Å². The van der Waals surface area contributed by atoms with Gasteiger partial charge in [-0.15, -0.1) is 10.2 Å². The molecular formula is C18H17N5O3. The number of aryl methyl sites for hydroxylation is 1. The Hall–Kier alpha value is -3.42. The molecule has 1 aromatic carbocycles. The van der Waals surface area contributed by atoms with Crippen molar-refractivity contribution in [2.75, 3.05) is 5.32 Å². The number of rotatable bonds is 5. The van der Waals surface area contributed by atoms with Crippen LogP contribution in [0.2, 0.25) is 0 Å². The van der Waals surface area contributed by atoms with Gasteiger partial charge in [-0.2, -0.15) is 0 Å². The molecule has 0 saturated carbocycles. The molecular weight excluding hydrogens is 334 g/mol. The maximum absolute atomic E-state index is 12.6. The zero-order valence-corrected chi connectivity index (χ0v) is 13.9. The molecule has 0 saturated heterocycles. The Morgan fingerprint density at radius 3 is 2.85 bits per heavy atom. The monoisotopic (exact) mass is 351 g/mol. The van der Waals surface area contributed by atoms with Crippen molar-refractivity contribution in [2.24, 2.45) is 0 Å². The van der Waals surface area contributed by atoms with E-state index in [1.165, 1.54) is 6.26 Å². The van der Waals surface area contributed by atoms with Crippen molar-refractivity contribution in [3.63, 3.8) is 0 Å². The van der Waals surface area contributed by atoms with Gasteiger partial charge < -0.3 is 19.6 Å². The summed E-state index contributed by atoms with van der Waals surface area (Å²) in [5.74, 6) is 1.17. The molecule has 3 aromatic rings. The van der Waals surface area contributed by atoms with Crippen molar-refractivity contribution >= 4 is 17.5 Å². The van der Waals surface area contributed by atoms with E-state index in [9.17, 15) is 9.59 Å². The third kappa shape index (κ3) is 3.08. The van der Waals surface area contributed by atoms with Gasteiger partial charge in [0.15, 0.2) is 11.6 Å². The summed E-state index contributed by atoms with van der Waals surface area (Å²) in [7, 11) is 0. The maximum atomic E-state index is 12.6. The highest BCUT2D eigenvalue weighted by Crippen LogP contribution is 2.17. The number of nitrogens with zero attached hydrogens (tertiary/aromatic N) is 3. The highest BCUT2D eigenvalue weighted by Gasteiger charge is 2.19. The molecule has 0 aliphatic carbocycles. The number of amides is 2. The van der Waals surface area contributed by atoms with Crippen LogP contribution in [0.25, 0.3) is 0 Å². The molecule has 0 bridgehead atoms. The molecule has 8 nitrogen and oxygen atoms in total. The summed E-state index contributed by atoms with van der Waals surface area (Å²) in [6, 6.07) is 10.0. The lowest BCUT2D eigenvalue weighted by Gasteiger charge is -2.11. The van der Waals surface area contributed by atoms with Crippen LogP contribution in [0.4, 0.5) is 5.69 Å². The molecule has 0 atom stereocenters. The first-order chi connectivity index (χ1) is 12.7. The van der Waals surface area contributed by atoms with Crippen LogP contribution >= 0.6 is 0 Å². The molecule has 0 unspecified atom stereocenters. The minimum absolute atomic E-state index is 0.180. The Morgan fingerprint density at radius 1 is 1.12 bits per heavy atom. The fraction of sp³-hybridized carbons (Fsp3) is 0.222. The van der Waals surface area contributed by atoms with Gasteiger partial charge in [-0.3, -0.25) is 9.59 Å². The van der Waals surface area contributed by atoms with Crippen LogP contribution in [-0.2, 0) is 19.5 Å². The van der Waals surface area contributed by atoms with E-state index < -0.39 is 5.91 Å². The standard InChI is InChI=1S/C18H17N5O3/c24-17(19-11-16-22-21-15-8-3-9-23(15)16)12-5-1-2-6-13(12)20-18(25)14-7-4-10-26-14/h1-2,4-7,10H,3,8-9,11H2,(H,19,24)(H,20,25). The first-order valence-corrected chi connectivity index (χ1v) is 8.35. The van der Waals surface area contributed by atoms with E-state index >= 15 is 0 Å². The second-order valence-corrected chi connectivity index (χ2v) is 5.95. The first-order valence-electron chi connectivity index (χ1n) is 8.35. The van der Waals surface area contributed by atoms with Crippen molar-refractivity contribution in [3.05, 3.63) is 65.6 Å². The number of furan rings is 1. The predicted octanol–water partition coefficient (Wildman–Crippen LogP) is 2.00. The second-order valence-electron chi connectivity index (χ2n) is 5.95. The molecule has 2 aromatic heterocycles. The minimum atomic E-state index is -0.412. The normalized spacial score (nSPS) is 12.6. The summed E-state index contributed by atoms with van der Waals surface area (Å²) in [5.41, 5.74) is 0.784. The molecule has 1 aliphatic rings. The molecule has 4 rings (SSSR count). The average molecular weight is 351 g/mol. The number of para-hydroxylation sites is 1. The van der Waals surface area contributed by atoms with Gasteiger partial charge in [0.25, 0.3) is 11.8 Å². The first kappa shape index (κ1) is 16.1. The van der Waals surface area contributed by atoms with Gasteiger partial charge >= 0.3 is 0 Å². The van der Waals surface area contributed by atoms with Crippen LogP contribution < -0.4 is 10.6 Å². The molecule has 3 heterocycles. The Labute approximate surface area is 149 Å². The summed E-state index contributed by atoms with van der Waals surface area (Å²) >= 11 is 0. The molecule has 0 spiro atoms. The Morgan fingerprint density at radius 2 is 2.00 bits per heavy atom. The van der Waals surface area contributed by atoms with Crippen molar-refractivity contribution < 1.29 is 14.0 Å². The van der Waals surface area contributed by atoms with Crippen LogP contribution in [0, 0.1) is 0 Å². The lowest BCUT2D eigenvalue weighted by molar-refractivity contribution is 0.0950. The average Bonchev–Trinajstić information content (AvgIpc) is 3.38. The number of aromatic nitrogens is 3. The van der Waals surface area contributed by atoms with E-state index in [0.29, 0.717) is 11.3 Å². The number of hydrogen-bond acceptors (Lipinski definition) is 5. The van der Waals surface area contributed by atoms with Crippen LogP contribution in [0.3, 0.4) is 0 Å².